The number of rotatable bonds is 3. The first-order valence-electron chi connectivity index (χ1n) is 6.96. The molecule has 7 heteroatoms. The van der Waals surface area contributed by atoms with Gasteiger partial charge in [-0.3, -0.25) is 4.79 Å². The molecule has 23 heavy (non-hydrogen) atoms. The van der Waals surface area contributed by atoms with Crippen molar-refractivity contribution >= 4 is 39.3 Å². The summed E-state index contributed by atoms with van der Waals surface area (Å²) in [4.78, 5) is 15.0. The minimum Gasteiger partial charge on any atom is -0.381 e. The van der Waals surface area contributed by atoms with Gasteiger partial charge < -0.3 is 14.8 Å². The SMILES string of the molecule is O=c1[nH]c2ccc(Cl)cc2cc1CNc1ccc2nnoc2c1. The van der Waals surface area contributed by atoms with Crippen LogP contribution in [0.15, 0.2) is 51.8 Å². The Kier molecular flexibility index (Phi) is 3.24. The molecule has 0 aliphatic carbocycles. The van der Waals surface area contributed by atoms with E-state index in [1.54, 1.807) is 24.3 Å². The van der Waals surface area contributed by atoms with Gasteiger partial charge in [-0.25, -0.2) is 0 Å². The molecule has 6 nitrogen and oxygen atoms in total. The summed E-state index contributed by atoms with van der Waals surface area (Å²) in [5.41, 5.74) is 3.35. The Morgan fingerprint density at radius 1 is 1.17 bits per heavy atom. The molecule has 2 aromatic heterocycles. The Labute approximate surface area is 135 Å². The van der Waals surface area contributed by atoms with Crippen molar-refractivity contribution in [3.63, 3.8) is 0 Å². The molecule has 0 aliphatic rings. The van der Waals surface area contributed by atoms with Gasteiger partial charge in [-0.05, 0) is 36.4 Å². The lowest BCUT2D eigenvalue weighted by Gasteiger charge is -2.07. The second-order valence-corrected chi connectivity index (χ2v) is 5.60. The number of hydrogen-bond donors (Lipinski definition) is 2. The Morgan fingerprint density at radius 2 is 2.09 bits per heavy atom. The molecule has 4 aromatic rings. The Morgan fingerprint density at radius 3 is 3.00 bits per heavy atom. The van der Waals surface area contributed by atoms with Crippen molar-refractivity contribution in [2.75, 3.05) is 5.32 Å². The highest BCUT2D eigenvalue weighted by Crippen LogP contribution is 2.19. The van der Waals surface area contributed by atoms with Crippen LogP contribution in [0.25, 0.3) is 22.0 Å². The third-order valence-electron chi connectivity index (χ3n) is 3.61. The molecule has 2 N–H and O–H groups in total. The maximum Gasteiger partial charge on any atom is 0.253 e. The number of benzene rings is 2. The van der Waals surface area contributed by atoms with Gasteiger partial charge in [-0.15, -0.1) is 5.10 Å². The number of H-pyrrole nitrogens is 1. The molecule has 0 amide bonds. The molecule has 0 fully saturated rings. The van der Waals surface area contributed by atoms with Crippen LogP contribution in [0.4, 0.5) is 5.69 Å². The number of nitrogens with zero attached hydrogens (tertiary/aromatic N) is 2. The zero-order chi connectivity index (χ0) is 15.8. The van der Waals surface area contributed by atoms with E-state index in [-0.39, 0.29) is 5.56 Å². The number of hydrogen-bond acceptors (Lipinski definition) is 5. The first kappa shape index (κ1) is 13.8. The monoisotopic (exact) mass is 326 g/mol. The molecular formula is C16H11ClN4O2. The van der Waals surface area contributed by atoms with E-state index in [1.807, 2.05) is 18.2 Å². The van der Waals surface area contributed by atoms with E-state index in [9.17, 15) is 4.79 Å². The predicted molar refractivity (Wildman–Crippen MR) is 88.7 cm³/mol. The van der Waals surface area contributed by atoms with Crippen LogP contribution in [0.3, 0.4) is 0 Å². The lowest BCUT2D eigenvalue weighted by atomic mass is 10.1. The maximum absolute atomic E-state index is 12.1. The molecule has 0 radical (unpaired) electrons. The fourth-order valence-corrected chi connectivity index (χ4v) is 2.62. The number of pyridine rings is 1. The molecule has 0 saturated heterocycles. The summed E-state index contributed by atoms with van der Waals surface area (Å²) in [6.45, 7) is 0.380. The van der Waals surface area contributed by atoms with E-state index in [0.29, 0.717) is 28.2 Å². The van der Waals surface area contributed by atoms with E-state index in [4.69, 9.17) is 16.1 Å². The molecule has 4 rings (SSSR count). The van der Waals surface area contributed by atoms with Gasteiger partial charge in [0.1, 0.15) is 5.52 Å². The van der Waals surface area contributed by atoms with Gasteiger partial charge in [0, 0.05) is 45.1 Å². The van der Waals surface area contributed by atoms with Crippen LogP contribution in [0.5, 0.6) is 0 Å². The van der Waals surface area contributed by atoms with Crippen molar-refractivity contribution < 1.29 is 4.52 Å². The molecular weight excluding hydrogens is 316 g/mol. The first-order chi connectivity index (χ1) is 11.2. The Balaban J connectivity index is 1.63. The smallest absolute Gasteiger partial charge is 0.253 e. The summed E-state index contributed by atoms with van der Waals surface area (Å²) >= 11 is 6.00. The largest absolute Gasteiger partial charge is 0.381 e. The predicted octanol–water partition coefficient (Wildman–Crippen LogP) is 3.33. The topological polar surface area (TPSA) is 83.8 Å². The van der Waals surface area contributed by atoms with Crippen LogP contribution < -0.4 is 10.9 Å². The van der Waals surface area contributed by atoms with E-state index in [0.717, 1.165) is 16.6 Å². The quantitative estimate of drug-likeness (QED) is 0.603. The molecule has 114 valence electrons. The Hall–Kier alpha value is -2.86. The molecule has 2 heterocycles. The zero-order valence-electron chi connectivity index (χ0n) is 11.8. The molecule has 0 bridgehead atoms. The van der Waals surface area contributed by atoms with Gasteiger partial charge in [0.05, 0.1) is 0 Å². The van der Waals surface area contributed by atoms with E-state index in [2.05, 4.69) is 20.7 Å². The average molecular weight is 327 g/mol. The lowest BCUT2D eigenvalue weighted by molar-refractivity contribution is 0.424. The van der Waals surface area contributed by atoms with Crippen LogP contribution in [-0.2, 0) is 6.54 Å². The fraction of sp³-hybridized carbons (Fsp3) is 0.0625. The zero-order valence-corrected chi connectivity index (χ0v) is 12.6. The first-order valence-corrected chi connectivity index (χ1v) is 7.34. The number of aromatic amines is 1. The average Bonchev–Trinajstić information content (AvgIpc) is 3.01. The summed E-state index contributed by atoms with van der Waals surface area (Å²) in [6.07, 6.45) is 0. The number of halogens is 1. The van der Waals surface area contributed by atoms with Crippen LogP contribution in [-0.4, -0.2) is 15.4 Å². The van der Waals surface area contributed by atoms with Crippen molar-refractivity contribution in [1.82, 2.24) is 15.4 Å². The summed E-state index contributed by atoms with van der Waals surface area (Å²) in [6, 6.07) is 12.7. The third-order valence-corrected chi connectivity index (χ3v) is 3.85. The molecule has 0 spiro atoms. The summed E-state index contributed by atoms with van der Waals surface area (Å²) in [5, 5.41) is 12.0. The third kappa shape index (κ3) is 2.64. The highest BCUT2D eigenvalue weighted by molar-refractivity contribution is 6.31. The summed E-state index contributed by atoms with van der Waals surface area (Å²) in [5.74, 6) is 0. The van der Waals surface area contributed by atoms with Gasteiger partial charge in [-0.2, -0.15) is 0 Å². The van der Waals surface area contributed by atoms with Crippen molar-refractivity contribution in [3.05, 3.63) is 63.4 Å². The highest BCUT2D eigenvalue weighted by Gasteiger charge is 2.05. The minimum absolute atomic E-state index is 0.130. The Bertz CT molecular complexity index is 1070. The van der Waals surface area contributed by atoms with Gasteiger partial charge in [0.15, 0.2) is 5.58 Å². The van der Waals surface area contributed by atoms with E-state index in [1.165, 1.54) is 0 Å². The van der Waals surface area contributed by atoms with Crippen LogP contribution in [0.1, 0.15) is 5.56 Å². The van der Waals surface area contributed by atoms with Gasteiger partial charge in [0.2, 0.25) is 0 Å². The maximum atomic E-state index is 12.1. The second-order valence-electron chi connectivity index (χ2n) is 5.16. The lowest BCUT2D eigenvalue weighted by Crippen LogP contribution is -2.15. The molecule has 0 unspecified atom stereocenters. The number of aromatic nitrogens is 3. The minimum atomic E-state index is -0.130. The van der Waals surface area contributed by atoms with Gasteiger partial charge >= 0.3 is 0 Å². The van der Waals surface area contributed by atoms with E-state index < -0.39 is 0 Å². The van der Waals surface area contributed by atoms with E-state index >= 15 is 0 Å². The van der Waals surface area contributed by atoms with Crippen molar-refractivity contribution in [1.29, 1.82) is 0 Å². The van der Waals surface area contributed by atoms with Crippen molar-refractivity contribution in [3.8, 4) is 0 Å². The normalized spacial score (nSPS) is 11.2. The molecule has 2 aromatic carbocycles. The summed E-state index contributed by atoms with van der Waals surface area (Å²) < 4.78 is 5.02. The van der Waals surface area contributed by atoms with Gasteiger partial charge in [-0.1, -0.05) is 11.6 Å². The van der Waals surface area contributed by atoms with Crippen LogP contribution in [0.2, 0.25) is 5.02 Å². The number of fused-ring (bicyclic) bond motifs is 2. The van der Waals surface area contributed by atoms with Crippen LogP contribution >= 0.6 is 11.6 Å². The molecule has 0 aliphatic heterocycles. The second kappa shape index (κ2) is 5.40. The highest BCUT2D eigenvalue weighted by atomic mass is 35.5. The number of nitrogens with one attached hydrogen (secondary N) is 2. The number of anilines is 1. The summed E-state index contributed by atoms with van der Waals surface area (Å²) in [7, 11) is 0. The fourth-order valence-electron chi connectivity index (χ4n) is 2.44. The van der Waals surface area contributed by atoms with Gasteiger partial charge in [0.25, 0.3) is 5.56 Å². The van der Waals surface area contributed by atoms with Crippen LogP contribution in [0, 0.1) is 0 Å². The van der Waals surface area contributed by atoms with Crippen molar-refractivity contribution in [2.45, 2.75) is 6.54 Å². The molecule has 0 saturated carbocycles. The molecule has 0 atom stereocenters. The standard InChI is InChI=1S/C16H11ClN4O2/c17-11-1-3-13-9(6-11)5-10(16(22)19-13)8-18-12-2-4-14-15(7-12)23-21-20-14/h1-7,18H,8H2,(H,19,22). The van der Waals surface area contributed by atoms with Crippen molar-refractivity contribution in [2.24, 2.45) is 0 Å².